The summed E-state index contributed by atoms with van der Waals surface area (Å²) < 4.78 is 12.5. The molecule has 5 aliphatic heterocycles. The summed E-state index contributed by atoms with van der Waals surface area (Å²) in [6.07, 6.45) is 8.76. The predicted molar refractivity (Wildman–Crippen MR) is 149 cm³/mol. The summed E-state index contributed by atoms with van der Waals surface area (Å²) in [4.78, 5) is 16.6. The Morgan fingerprint density at radius 2 is 1.90 bits per heavy atom. The first kappa shape index (κ1) is 23.7. The van der Waals surface area contributed by atoms with E-state index in [0.29, 0.717) is 28.9 Å². The van der Waals surface area contributed by atoms with Gasteiger partial charge in [-0.15, -0.1) is 0 Å². The van der Waals surface area contributed by atoms with Gasteiger partial charge in [-0.2, -0.15) is 10.4 Å². The number of rotatable bonds is 6. The SMILES string of the molecule is COc1ccc(CN2C3CC2CN(c2ccc(-c4cc(N5CC6(COC6)C5)cn5ncc(C#N)c45)cn2)C3)cn1. The van der Waals surface area contributed by atoms with E-state index in [1.54, 1.807) is 13.3 Å². The normalized spacial score (nSPS) is 22.9. The first-order valence-electron chi connectivity index (χ1n) is 13.8. The molecular weight excluding hydrogens is 504 g/mol. The van der Waals surface area contributed by atoms with Gasteiger partial charge in [0.2, 0.25) is 5.88 Å². The van der Waals surface area contributed by atoms with Crippen LogP contribution in [0.2, 0.25) is 0 Å². The number of nitrogens with zero attached hydrogens (tertiary/aromatic N) is 8. The molecule has 5 fully saturated rings. The van der Waals surface area contributed by atoms with E-state index < -0.39 is 0 Å². The molecule has 4 aromatic rings. The van der Waals surface area contributed by atoms with Crippen LogP contribution < -0.4 is 14.5 Å². The lowest BCUT2D eigenvalue weighted by Gasteiger charge is -2.56. The monoisotopic (exact) mass is 534 g/mol. The zero-order chi connectivity index (χ0) is 26.8. The average molecular weight is 535 g/mol. The van der Waals surface area contributed by atoms with Gasteiger partial charge >= 0.3 is 0 Å². The zero-order valence-corrected chi connectivity index (χ0v) is 22.4. The summed E-state index contributed by atoms with van der Waals surface area (Å²) in [5, 5.41) is 14.3. The van der Waals surface area contributed by atoms with Gasteiger partial charge in [-0.05, 0) is 30.2 Å². The minimum Gasteiger partial charge on any atom is -0.481 e. The first-order valence-corrected chi connectivity index (χ1v) is 13.8. The minimum absolute atomic E-state index is 0.316. The van der Waals surface area contributed by atoms with Gasteiger partial charge in [-0.3, -0.25) is 4.90 Å². The van der Waals surface area contributed by atoms with Crippen molar-refractivity contribution in [3.63, 3.8) is 0 Å². The Balaban J connectivity index is 1.01. The first-order chi connectivity index (χ1) is 19.6. The number of nitriles is 1. The van der Waals surface area contributed by atoms with Gasteiger partial charge in [-0.25, -0.2) is 14.5 Å². The summed E-state index contributed by atoms with van der Waals surface area (Å²) in [7, 11) is 1.64. The fraction of sp³-hybridized carbons (Fsp3) is 0.400. The molecule has 0 aliphatic carbocycles. The van der Waals surface area contributed by atoms with E-state index in [2.05, 4.69) is 55.1 Å². The van der Waals surface area contributed by atoms with Crippen molar-refractivity contribution in [1.82, 2.24) is 24.5 Å². The Kier molecular flexibility index (Phi) is 5.27. The predicted octanol–water partition coefficient (Wildman–Crippen LogP) is 2.97. The lowest BCUT2D eigenvalue weighted by atomic mass is 9.78. The van der Waals surface area contributed by atoms with Crippen molar-refractivity contribution in [2.75, 3.05) is 56.3 Å². The molecule has 5 saturated heterocycles. The molecule has 0 aromatic carbocycles. The highest BCUT2D eigenvalue weighted by Crippen LogP contribution is 2.42. The van der Waals surface area contributed by atoms with E-state index in [4.69, 9.17) is 14.5 Å². The zero-order valence-electron chi connectivity index (χ0n) is 22.4. The smallest absolute Gasteiger partial charge is 0.212 e. The molecule has 10 nitrogen and oxygen atoms in total. The number of ether oxygens (including phenoxy) is 2. The largest absolute Gasteiger partial charge is 0.481 e. The minimum atomic E-state index is 0.316. The Labute approximate surface area is 232 Å². The number of piperidine rings is 1. The summed E-state index contributed by atoms with van der Waals surface area (Å²) in [5.74, 6) is 1.65. The quantitative estimate of drug-likeness (QED) is 0.370. The molecule has 1 spiro atoms. The average Bonchev–Trinajstić information content (AvgIpc) is 3.38. The molecule has 0 saturated carbocycles. The molecular formula is C30H30N8O2. The third kappa shape index (κ3) is 3.73. The molecule has 40 heavy (non-hydrogen) atoms. The standard InChI is InChI=1S/C30H30N8O2/c1-39-28-5-2-20(9-33-28)12-37-24-6-25(37)14-35(13-24)27-4-3-21(10-32-27)26-7-23(36-16-30(17-36)18-40-19-30)15-38-29(26)22(8-31)11-34-38/h2-5,7,9-11,15,24-25H,6,12-14,16-19H2,1H3. The van der Waals surface area contributed by atoms with Gasteiger partial charge in [0.1, 0.15) is 11.9 Å². The van der Waals surface area contributed by atoms with Crippen LogP contribution in [0.25, 0.3) is 16.6 Å². The third-order valence-corrected chi connectivity index (χ3v) is 9.05. The van der Waals surface area contributed by atoms with Crippen molar-refractivity contribution < 1.29 is 9.47 Å². The van der Waals surface area contributed by atoms with Crippen LogP contribution in [0.5, 0.6) is 5.88 Å². The summed E-state index contributed by atoms with van der Waals surface area (Å²) in [5.41, 5.74) is 6.01. The number of aromatic nitrogens is 4. The molecule has 4 aromatic heterocycles. The number of pyridine rings is 3. The Hall–Kier alpha value is -4.20. The Morgan fingerprint density at radius 3 is 2.55 bits per heavy atom. The van der Waals surface area contributed by atoms with Crippen molar-refractivity contribution in [1.29, 1.82) is 5.26 Å². The van der Waals surface area contributed by atoms with Gasteiger partial charge in [-0.1, -0.05) is 6.07 Å². The van der Waals surface area contributed by atoms with E-state index in [0.717, 1.165) is 74.1 Å². The van der Waals surface area contributed by atoms with Gasteiger partial charge in [0.05, 0.1) is 54.9 Å². The van der Waals surface area contributed by atoms with Crippen molar-refractivity contribution >= 4 is 17.0 Å². The second kappa shape index (κ2) is 8.91. The fourth-order valence-corrected chi connectivity index (χ4v) is 6.80. The van der Waals surface area contributed by atoms with Crippen LogP contribution in [0.3, 0.4) is 0 Å². The second-order valence-electron chi connectivity index (χ2n) is 11.7. The van der Waals surface area contributed by atoms with Crippen LogP contribution in [0, 0.1) is 16.7 Å². The summed E-state index contributed by atoms with van der Waals surface area (Å²) >= 11 is 0. The number of piperazine rings is 1. The molecule has 2 atom stereocenters. The van der Waals surface area contributed by atoms with E-state index in [-0.39, 0.29) is 0 Å². The molecule has 2 unspecified atom stereocenters. The molecule has 0 N–H and O–H groups in total. The summed E-state index contributed by atoms with van der Waals surface area (Å²) in [6, 6.07) is 13.8. The van der Waals surface area contributed by atoms with Crippen LogP contribution in [0.4, 0.5) is 11.5 Å². The van der Waals surface area contributed by atoms with Crippen molar-refractivity contribution in [3.8, 4) is 23.1 Å². The topological polar surface area (TPSA) is 95.1 Å². The summed E-state index contributed by atoms with van der Waals surface area (Å²) in [6.45, 7) is 6.52. The van der Waals surface area contributed by atoms with Crippen LogP contribution >= 0.6 is 0 Å². The maximum Gasteiger partial charge on any atom is 0.212 e. The Morgan fingerprint density at radius 1 is 1.05 bits per heavy atom. The molecule has 9 heterocycles. The van der Waals surface area contributed by atoms with Gasteiger partial charge in [0.25, 0.3) is 0 Å². The van der Waals surface area contributed by atoms with Crippen LogP contribution in [-0.2, 0) is 11.3 Å². The molecule has 9 rings (SSSR count). The molecule has 202 valence electrons. The third-order valence-electron chi connectivity index (χ3n) is 9.05. The van der Waals surface area contributed by atoms with E-state index in [9.17, 15) is 5.26 Å². The van der Waals surface area contributed by atoms with Crippen LogP contribution in [0.1, 0.15) is 17.5 Å². The maximum absolute atomic E-state index is 9.76. The van der Waals surface area contributed by atoms with Crippen molar-refractivity contribution in [2.24, 2.45) is 5.41 Å². The molecule has 0 radical (unpaired) electrons. The molecule has 2 bridgehead atoms. The highest BCUT2D eigenvalue weighted by Gasteiger charge is 2.49. The lowest BCUT2D eigenvalue weighted by molar-refractivity contribution is -0.127. The van der Waals surface area contributed by atoms with Crippen molar-refractivity contribution in [2.45, 2.75) is 25.0 Å². The van der Waals surface area contributed by atoms with Gasteiger partial charge in [0.15, 0.2) is 0 Å². The number of anilines is 2. The molecule has 0 amide bonds. The van der Waals surface area contributed by atoms with Gasteiger partial charge < -0.3 is 19.3 Å². The van der Waals surface area contributed by atoms with Crippen molar-refractivity contribution in [3.05, 3.63) is 66.2 Å². The van der Waals surface area contributed by atoms with E-state index in [1.807, 2.05) is 29.2 Å². The number of methoxy groups -OCH3 is 1. The lowest BCUT2D eigenvalue weighted by Crippen LogP contribution is -2.68. The molecule has 5 aliphatic rings. The van der Waals surface area contributed by atoms with E-state index >= 15 is 0 Å². The number of hydrogen-bond acceptors (Lipinski definition) is 9. The highest BCUT2D eigenvalue weighted by molar-refractivity contribution is 5.86. The number of hydrogen-bond donors (Lipinski definition) is 0. The van der Waals surface area contributed by atoms with Crippen LogP contribution in [0.15, 0.2) is 55.1 Å². The van der Waals surface area contributed by atoms with Crippen LogP contribution in [-0.4, -0.2) is 83.1 Å². The van der Waals surface area contributed by atoms with E-state index in [1.165, 1.54) is 12.0 Å². The maximum atomic E-state index is 9.76. The second-order valence-corrected chi connectivity index (χ2v) is 11.7. The molecule has 10 heteroatoms. The highest BCUT2D eigenvalue weighted by atomic mass is 16.5. The van der Waals surface area contributed by atoms with Gasteiger partial charge in [0, 0.05) is 74.4 Å². The number of fused-ring (bicyclic) bond motifs is 3. The fourth-order valence-electron chi connectivity index (χ4n) is 6.80. The Bertz CT molecular complexity index is 1600.